The van der Waals surface area contributed by atoms with Crippen LogP contribution in [0, 0.1) is 0 Å². The average molecular weight is 574 g/mol. The topological polar surface area (TPSA) is 30.7 Å². The van der Waals surface area contributed by atoms with Crippen molar-refractivity contribution in [3.05, 3.63) is 140 Å². The van der Waals surface area contributed by atoms with Crippen molar-refractivity contribution in [1.82, 2.24) is 4.40 Å². The highest BCUT2D eigenvalue weighted by Gasteiger charge is 2.22. The minimum absolute atomic E-state index is 0.918. The zero-order chi connectivity index (χ0) is 29.2. The Morgan fingerprint density at radius 1 is 0.356 bits per heavy atom. The molecular weight excluding hydrogens is 550 g/mol. The molecule has 4 heterocycles. The number of furan rings is 2. The summed E-state index contributed by atoms with van der Waals surface area (Å²) >= 11 is 0. The van der Waals surface area contributed by atoms with E-state index in [-0.39, 0.29) is 0 Å². The van der Waals surface area contributed by atoms with Crippen LogP contribution in [0.15, 0.2) is 148 Å². The summed E-state index contributed by atoms with van der Waals surface area (Å²) in [5.74, 6) is 0. The highest BCUT2D eigenvalue weighted by atomic mass is 16.3. The lowest BCUT2D eigenvalue weighted by Gasteiger charge is -2.08. The Labute approximate surface area is 256 Å². The third-order valence-electron chi connectivity index (χ3n) is 9.74. The molecule has 0 spiro atoms. The van der Waals surface area contributed by atoms with E-state index in [0.29, 0.717) is 0 Å². The third kappa shape index (κ3) is 2.99. The summed E-state index contributed by atoms with van der Waals surface area (Å²) in [5.41, 5.74) is 12.2. The minimum Gasteiger partial charge on any atom is -0.456 e. The van der Waals surface area contributed by atoms with Crippen molar-refractivity contribution in [2.75, 3.05) is 0 Å². The Hall–Kier alpha value is -6.06. The maximum atomic E-state index is 6.15. The van der Waals surface area contributed by atoms with Gasteiger partial charge in [0, 0.05) is 43.1 Å². The number of fused-ring (bicyclic) bond motifs is 12. The van der Waals surface area contributed by atoms with Gasteiger partial charge in [-0.3, -0.25) is 0 Å². The third-order valence-corrected chi connectivity index (χ3v) is 9.74. The average Bonchev–Trinajstić information content (AvgIpc) is 3.84. The van der Waals surface area contributed by atoms with Crippen molar-refractivity contribution in [3.63, 3.8) is 0 Å². The van der Waals surface area contributed by atoms with Crippen LogP contribution in [0.4, 0.5) is 0 Å². The second-order valence-corrected chi connectivity index (χ2v) is 12.1. The van der Waals surface area contributed by atoms with E-state index >= 15 is 0 Å². The molecule has 11 aromatic rings. The molecular formula is C42H23NO2. The van der Waals surface area contributed by atoms with Crippen LogP contribution in [-0.2, 0) is 0 Å². The van der Waals surface area contributed by atoms with Crippen molar-refractivity contribution in [2.45, 2.75) is 0 Å². The van der Waals surface area contributed by atoms with Crippen LogP contribution in [0.3, 0.4) is 0 Å². The van der Waals surface area contributed by atoms with Crippen molar-refractivity contribution in [1.29, 1.82) is 0 Å². The highest BCUT2D eigenvalue weighted by Crippen LogP contribution is 2.46. The van der Waals surface area contributed by atoms with Gasteiger partial charge in [0.05, 0.1) is 16.6 Å². The van der Waals surface area contributed by atoms with Crippen LogP contribution >= 0.6 is 0 Å². The SMILES string of the molecule is c1ccc2c(c1)oc1ccc(-c3cccc4c3c3cccc5c6c(-c7ccc8oc9ccccc9c8c7)cccc6n4c35)cc12. The molecule has 7 aromatic carbocycles. The van der Waals surface area contributed by atoms with E-state index < -0.39 is 0 Å². The van der Waals surface area contributed by atoms with Crippen LogP contribution in [0.1, 0.15) is 0 Å². The van der Waals surface area contributed by atoms with E-state index in [1.807, 2.05) is 24.3 Å². The number of para-hydroxylation sites is 3. The van der Waals surface area contributed by atoms with E-state index in [0.717, 1.165) is 43.9 Å². The maximum Gasteiger partial charge on any atom is 0.135 e. The number of aromatic nitrogens is 1. The van der Waals surface area contributed by atoms with Crippen LogP contribution in [0.2, 0.25) is 0 Å². The van der Waals surface area contributed by atoms with Crippen LogP contribution in [0.25, 0.3) is 104 Å². The van der Waals surface area contributed by atoms with Crippen molar-refractivity contribution in [3.8, 4) is 22.3 Å². The molecule has 0 amide bonds. The van der Waals surface area contributed by atoms with Gasteiger partial charge in [-0.2, -0.15) is 0 Å². The molecule has 3 nitrogen and oxygen atoms in total. The van der Waals surface area contributed by atoms with E-state index in [4.69, 9.17) is 8.83 Å². The second-order valence-electron chi connectivity index (χ2n) is 12.1. The summed E-state index contributed by atoms with van der Waals surface area (Å²) < 4.78 is 14.8. The smallest absolute Gasteiger partial charge is 0.135 e. The second kappa shape index (κ2) is 8.31. The fraction of sp³-hybridized carbons (Fsp3) is 0. The van der Waals surface area contributed by atoms with Crippen molar-refractivity contribution >= 4 is 82.0 Å². The number of hydrogen-bond donors (Lipinski definition) is 0. The lowest BCUT2D eigenvalue weighted by molar-refractivity contribution is 0.668. The molecule has 0 radical (unpaired) electrons. The lowest BCUT2D eigenvalue weighted by atomic mass is 9.95. The molecule has 0 saturated heterocycles. The van der Waals surface area contributed by atoms with Crippen LogP contribution in [-0.4, -0.2) is 4.40 Å². The Bertz CT molecular complexity index is 2790. The molecule has 0 N–H and O–H groups in total. The normalized spacial score (nSPS) is 12.4. The van der Waals surface area contributed by atoms with Gasteiger partial charge < -0.3 is 13.2 Å². The summed E-state index contributed by atoms with van der Waals surface area (Å²) in [7, 11) is 0. The molecule has 45 heavy (non-hydrogen) atoms. The number of benzene rings is 7. The van der Waals surface area contributed by atoms with Crippen LogP contribution < -0.4 is 0 Å². The Morgan fingerprint density at radius 3 is 1.33 bits per heavy atom. The molecule has 0 unspecified atom stereocenters. The predicted octanol–water partition coefficient (Wildman–Crippen LogP) is 12.0. The standard InChI is InChI=1S/C42H23NO2/c1-3-16-36-28(8-1)32-22-24(18-20-38(32)44-36)26-10-6-14-34-40(26)30-12-5-13-31-41-27(11-7-15-35(41)43(34)42(30)31)25-19-21-39-33(23-25)29-9-2-4-17-37(29)45-39/h1-23H. The number of nitrogens with zero attached hydrogens (tertiary/aromatic N) is 1. The van der Waals surface area contributed by atoms with Gasteiger partial charge in [0.2, 0.25) is 0 Å². The molecule has 0 atom stereocenters. The van der Waals surface area contributed by atoms with E-state index in [2.05, 4.69) is 120 Å². The first-order chi connectivity index (χ1) is 22.3. The Kier molecular flexibility index (Phi) is 4.32. The predicted molar refractivity (Wildman–Crippen MR) is 187 cm³/mol. The molecule has 11 rings (SSSR count). The molecule has 0 fully saturated rings. The quantitative estimate of drug-likeness (QED) is 0.206. The first kappa shape index (κ1) is 23.4. The monoisotopic (exact) mass is 573 g/mol. The molecule has 0 saturated carbocycles. The Balaban J connectivity index is 1.20. The summed E-state index contributed by atoms with van der Waals surface area (Å²) in [6, 6.07) is 50.0. The zero-order valence-electron chi connectivity index (χ0n) is 24.0. The lowest BCUT2D eigenvalue weighted by Crippen LogP contribution is -1.85. The largest absolute Gasteiger partial charge is 0.456 e. The van der Waals surface area contributed by atoms with Gasteiger partial charge in [0.15, 0.2) is 0 Å². The molecule has 0 aliphatic rings. The summed E-state index contributed by atoms with van der Waals surface area (Å²) in [6.45, 7) is 0. The summed E-state index contributed by atoms with van der Waals surface area (Å²) in [6.07, 6.45) is 0. The minimum atomic E-state index is 0.918. The van der Waals surface area contributed by atoms with Gasteiger partial charge in [-0.25, -0.2) is 0 Å². The van der Waals surface area contributed by atoms with E-state index in [1.54, 1.807) is 0 Å². The van der Waals surface area contributed by atoms with Gasteiger partial charge in [0.1, 0.15) is 22.3 Å². The van der Waals surface area contributed by atoms with E-state index in [1.165, 1.54) is 60.3 Å². The maximum absolute atomic E-state index is 6.15. The van der Waals surface area contributed by atoms with Crippen molar-refractivity contribution < 1.29 is 8.83 Å². The number of rotatable bonds is 2. The van der Waals surface area contributed by atoms with Gasteiger partial charge in [-0.15, -0.1) is 0 Å². The fourth-order valence-electron chi connectivity index (χ4n) is 7.85. The molecule has 0 aliphatic carbocycles. The molecule has 0 bridgehead atoms. The van der Waals surface area contributed by atoms with Gasteiger partial charge in [0.25, 0.3) is 0 Å². The van der Waals surface area contributed by atoms with E-state index in [9.17, 15) is 0 Å². The molecule has 0 aliphatic heterocycles. The van der Waals surface area contributed by atoms with Crippen molar-refractivity contribution in [2.24, 2.45) is 0 Å². The van der Waals surface area contributed by atoms with Gasteiger partial charge in [-0.1, -0.05) is 91.0 Å². The fourth-order valence-corrected chi connectivity index (χ4v) is 7.85. The number of hydrogen-bond acceptors (Lipinski definition) is 2. The molecule has 208 valence electrons. The summed E-state index contributed by atoms with van der Waals surface area (Å²) in [4.78, 5) is 0. The first-order valence-corrected chi connectivity index (χ1v) is 15.4. The van der Waals surface area contributed by atoms with Crippen LogP contribution in [0.5, 0.6) is 0 Å². The van der Waals surface area contributed by atoms with Gasteiger partial charge >= 0.3 is 0 Å². The zero-order valence-corrected chi connectivity index (χ0v) is 24.0. The first-order valence-electron chi connectivity index (χ1n) is 15.4. The molecule has 3 heteroatoms. The molecule has 4 aromatic heterocycles. The Morgan fingerprint density at radius 2 is 0.800 bits per heavy atom. The highest BCUT2D eigenvalue weighted by molar-refractivity contribution is 6.28. The summed E-state index contributed by atoms with van der Waals surface area (Å²) in [5, 5.41) is 9.70. The van der Waals surface area contributed by atoms with Gasteiger partial charge in [-0.05, 0) is 70.8 Å².